The molecule has 6 nitrogen and oxygen atoms in total. The van der Waals surface area contributed by atoms with Gasteiger partial charge in [0.25, 0.3) is 0 Å². The molecule has 6 heteroatoms. The fourth-order valence-corrected chi connectivity index (χ4v) is 2.62. The van der Waals surface area contributed by atoms with E-state index in [1.807, 2.05) is 37.4 Å². The Morgan fingerprint density at radius 1 is 1.25 bits per heavy atom. The maximum Gasteiger partial charge on any atom is 0.234 e. The van der Waals surface area contributed by atoms with Gasteiger partial charge in [0.1, 0.15) is 0 Å². The molecule has 0 spiro atoms. The summed E-state index contributed by atoms with van der Waals surface area (Å²) in [7, 11) is 3.50. The lowest BCUT2D eigenvalue weighted by atomic mass is 10.1. The predicted molar refractivity (Wildman–Crippen MR) is 93.8 cm³/mol. The largest absolute Gasteiger partial charge is 0.481 e. The molecule has 1 heterocycles. The molecule has 0 fully saturated rings. The van der Waals surface area contributed by atoms with E-state index in [1.54, 1.807) is 11.8 Å². The van der Waals surface area contributed by atoms with E-state index in [0.29, 0.717) is 19.0 Å². The summed E-state index contributed by atoms with van der Waals surface area (Å²) in [6.45, 7) is 5.52. The van der Waals surface area contributed by atoms with Gasteiger partial charge in [-0.1, -0.05) is 44.2 Å². The van der Waals surface area contributed by atoms with Crippen LogP contribution in [0.1, 0.15) is 36.6 Å². The van der Waals surface area contributed by atoms with Gasteiger partial charge in [-0.2, -0.15) is 5.10 Å². The van der Waals surface area contributed by atoms with Gasteiger partial charge in [-0.05, 0) is 11.5 Å². The van der Waals surface area contributed by atoms with Crippen molar-refractivity contribution >= 4 is 5.91 Å². The molecule has 2 aromatic rings. The van der Waals surface area contributed by atoms with Crippen molar-refractivity contribution in [2.45, 2.75) is 32.9 Å². The van der Waals surface area contributed by atoms with Crippen molar-refractivity contribution < 1.29 is 9.53 Å². The minimum atomic E-state index is -0.0344. The topological polar surface area (TPSA) is 68.2 Å². The Morgan fingerprint density at radius 2 is 1.96 bits per heavy atom. The van der Waals surface area contributed by atoms with Crippen LogP contribution in [0.4, 0.5) is 0 Å². The maximum absolute atomic E-state index is 12.0. The fourth-order valence-electron chi connectivity index (χ4n) is 2.62. The van der Waals surface area contributed by atoms with Crippen LogP contribution in [0.15, 0.2) is 30.3 Å². The molecule has 24 heavy (non-hydrogen) atoms. The summed E-state index contributed by atoms with van der Waals surface area (Å²) >= 11 is 0. The zero-order valence-corrected chi connectivity index (χ0v) is 14.8. The van der Waals surface area contributed by atoms with Crippen molar-refractivity contribution in [1.82, 2.24) is 20.4 Å². The highest BCUT2D eigenvalue weighted by atomic mass is 16.5. The van der Waals surface area contributed by atoms with E-state index in [2.05, 4.69) is 29.6 Å². The normalized spacial score (nSPS) is 10.9. The summed E-state index contributed by atoms with van der Waals surface area (Å²) in [5.74, 6) is 0.993. The Labute approximate surface area is 143 Å². The van der Waals surface area contributed by atoms with Crippen molar-refractivity contribution in [3.05, 3.63) is 47.2 Å². The third kappa shape index (κ3) is 4.58. The fraction of sp³-hybridized carbons (Fsp3) is 0.444. The van der Waals surface area contributed by atoms with Gasteiger partial charge >= 0.3 is 0 Å². The van der Waals surface area contributed by atoms with E-state index in [4.69, 9.17) is 4.74 Å². The molecular weight excluding hydrogens is 304 g/mol. The lowest BCUT2D eigenvalue weighted by molar-refractivity contribution is -0.120. The second-order valence-electron chi connectivity index (χ2n) is 6.02. The third-order valence-corrected chi connectivity index (χ3v) is 3.78. The van der Waals surface area contributed by atoms with Gasteiger partial charge in [0.05, 0.1) is 24.9 Å². The number of nitrogens with one attached hydrogen (secondary N) is 2. The van der Waals surface area contributed by atoms with Crippen LogP contribution in [0.25, 0.3) is 0 Å². The lowest BCUT2D eigenvalue weighted by Crippen LogP contribution is -2.33. The van der Waals surface area contributed by atoms with E-state index in [1.165, 1.54) is 0 Å². The predicted octanol–water partition coefficient (Wildman–Crippen LogP) is 1.96. The van der Waals surface area contributed by atoms with Crippen LogP contribution in [0.5, 0.6) is 5.88 Å². The molecule has 2 N–H and O–H groups in total. The summed E-state index contributed by atoms with van der Waals surface area (Å²) in [5.41, 5.74) is 3.08. The number of aryl methyl sites for hydroxylation is 1. The van der Waals surface area contributed by atoms with Crippen LogP contribution < -0.4 is 15.4 Å². The van der Waals surface area contributed by atoms with Crippen molar-refractivity contribution in [2.75, 3.05) is 13.7 Å². The van der Waals surface area contributed by atoms with Crippen molar-refractivity contribution in [2.24, 2.45) is 7.05 Å². The molecule has 0 atom stereocenters. The van der Waals surface area contributed by atoms with Gasteiger partial charge in [0, 0.05) is 20.1 Å². The molecule has 130 valence electrons. The van der Waals surface area contributed by atoms with Gasteiger partial charge in [-0.15, -0.1) is 0 Å². The first kappa shape index (κ1) is 18.0. The number of methoxy groups -OCH3 is 1. The molecule has 0 aliphatic heterocycles. The Hall–Kier alpha value is -2.34. The Bertz CT molecular complexity index is 665. The minimum Gasteiger partial charge on any atom is -0.481 e. The van der Waals surface area contributed by atoms with Crippen LogP contribution in [0.3, 0.4) is 0 Å². The number of rotatable bonds is 8. The third-order valence-electron chi connectivity index (χ3n) is 3.78. The van der Waals surface area contributed by atoms with Gasteiger partial charge < -0.3 is 15.4 Å². The van der Waals surface area contributed by atoms with Crippen LogP contribution in [0, 0.1) is 0 Å². The smallest absolute Gasteiger partial charge is 0.234 e. The van der Waals surface area contributed by atoms with E-state index < -0.39 is 0 Å². The molecule has 0 saturated carbocycles. The Balaban J connectivity index is 1.86. The second kappa shape index (κ2) is 8.49. The monoisotopic (exact) mass is 330 g/mol. The number of aromatic nitrogens is 2. The molecule has 0 aliphatic carbocycles. The average molecular weight is 330 g/mol. The molecule has 1 amide bonds. The number of carbonyl (C=O) groups excluding carboxylic acids is 1. The standard InChI is InChI=1S/C18H26N4O2/c1-13(2)17-15(18(24-4)22(3)21-17)11-19-12-16(23)20-10-14-8-6-5-7-9-14/h5-9,13,19H,10-12H2,1-4H3,(H,20,23). The van der Waals surface area contributed by atoms with E-state index in [-0.39, 0.29) is 12.5 Å². The number of carbonyl (C=O) groups is 1. The molecular formula is C18H26N4O2. The molecule has 0 saturated heterocycles. The lowest BCUT2D eigenvalue weighted by Gasteiger charge is -2.10. The molecule has 1 aromatic carbocycles. The summed E-state index contributed by atoms with van der Waals surface area (Å²) < 4.78 is 7.17. The van der Waals surface area contributed by atoms with E-state index >= 15 is 0 Å². The van der Waals surface area contributed by atoms with Crippen molar-refractivity contribution in [3.63, 3.8) is 0 Å². The van der Waals surface area contributed by atoms with E-state index in [0.717, 1.165) is 22.7 Å². The van der Waals surface area contributed by atoms with Crippen molar-refractivity contribution in [1.29, 1.82) is 0 Å². The number of hydrogen-bond acceptors (Lipinski definition) is 4. The number of hydrogen-bond donors (Lipinski definition) is 2. The van der Waals surface area contributed by atoms with Gasteiger partial charge in [-0.25, -0.2) is 4.68 Å². The summed E-state index contributed by atoms with van der Waals surface area (Å²) in [6.07, 6.45) is 0. The van der Waals surface area contributed by atoms with Gasteiger partial charge in [-0.3, -0.25) is 4.79 Å². The Kier molecular flexibility index (Phi) is 6.37. The Morgan fingerprint density at radius 3 is 2.58 bits per heavy atom. The van der Waals surface area contributed by atoms with Gasteiger partial charge in [0.15, 0.2) is 0 Å². The SMILES string of the molecule is COc1c(CNCC(=O)NCc2ccccc2)c(C(C)C)nn1C. The first-order valence-corrected chi connectivity index (χ1v) is 8.14. The zero-order chi connectivity index (χ0) is 17.5. The molecule has 0 bridgehead atoms. The summed E-state index contributed by atoms with van der Waals surface area (Å²) in [4.78, 5) is 12.0. The average Bonchev–Trinajstić information content (AvgIpc) is 2.90. The highest BCUT2D eigenvalue weighted by Crippen LogP contribution is 2.26. The quantitative estimate of drug-likeness (QED) is 0.776. The van der Waals surface area contributed by atoms with Crippen LogP contribution in [0.2, 0.25) is 0 Å². The molecule has 0 radical (unpaired) electrons. The molecule has 0 unspecified atom stereocenters. The number of benzene rings is 1. The number of nitrogens with zero attached hydrogens (tertiary/aromatic N) is 2. The summed E-state index contributed by atoms with van der Waals surface area (Å²) in [6, 6.07) is 9.86. The molecule has 1 aromatic heterocycles. The number of amides is 1. The summed E-state index contributed by atoms with van der Waals surface area (Å²) in [5, 5.41) is 10.6. The number of ether oxygens (including phenoxy) is 1. The second-order valence-corrected chi connectivity index (χ2v) is 6.02. The molecule has 2 rings (SSSR count). The highest BCUT2D eigenvalue weighted by Gasteiger charge is 2.19. The maximum atomic E-state index is 12.0. The van der Waals surface area contributed by atoms with Crippen LogP contribution in [-0.2, 0) is 24.9 Å². The van der Waals surface area contributed by atoms with Crippen LogP contribution >= 0.6 is 0 Å². The van der Waals surface area contributed by atoms with Crippen LogP contribution in [-0.4, -0.2) is 29.3 Å². The van der Waals surface area contributed by atoms with Crippen molar-refractivity contribution in [3.8, 4) is 5.88 Å². The van der Waals surface area contributed by atoms with Gasteiger partial charge in [0.2, 0.25) is 11.8 Å². The first-order valence-electron chi connectivity index (χ1n) is 8.14. The van der Waals surface area contributed by atoms with E-state index in [9.17, 15) is 4.79 Å². The molecule has 0 aliphatic rings. The first-order chi connectivity index (χ1) is 11.5. The zero-order valence-electron chi connectivity index (χ0n) is 14.8. The minimum absolute atomic E-state index is 0.0344. The highest BCUT2D eigenvalue weighted by molar-refractivity contribution is 5.77.